The quantitative estimate of drug-likeness (QED) is 0.357. The summed E-state index contributed by atoms with van der Waals surface area (Å²) in [6.07, 6.45) is -4.71. The van der Waals surface area contributed by atoms with Crippen molar-refractivity contribution in [3.05, 3.63) is 69.0 Å². The van der Waals surface area contributed by atoms with E-state index in [1.807, 2.05) is 0 Å². The zero-order valence-electron chi connectivity index (χ0n) is 16.3. The number of nitrogens with one attached hydrogen (secondary N) is 1. The number of anilines is 1. The van der Waals surface area contributed by atoms with Gasteiger partial charge in [0, 0.05) is 5.69 Å². The lowest BCUT2D eigenvalue weighted by atomic mass is 10.1. The third kappa shape index (κ3) is 5.52. The molecule has 3 N–H and O–H groups in total. The fourth-order valence-corrected chi connectivity index (χ4v) is 4.74. The molecule has 0 bridgehead atoms. The minimum absolute atomic E-state index is 0.166. The minimum atomic E-state index is -4.71. The molecule has 0 aliphatic carbocycles. The van der Waals surface area contributed by atoms with Crippen molar-refractivity contribution in [2.24, 2.45) is 0 Å². The number of carbonyl (C=O) groups is 3. The van der Waals surface area contributed by atoms with Crippen molar-refractivity contribution >= 4 is 50.8 Å². The lowest BCUT2D eigenvalue weighted by Crippen LogP contribution is -2.18. The summed E-state index contributed by atoms with van der Waals surface area (Å²) in [6.45, 7) is -0.760. The van der Waals surface area contributed by atoms with Gasteiger partial charge in [0.15, 0.2) is 17.2 Å². The lowest BCUT2D eigenvalue weighted by Gasteiger charge is -2.13. The molecule has 172 valence electrons. The smallest absolute Gasteiger partial charge is 0.417 e. The average molecular weight is 544 g/mol. The van der Waals surface area contributed by atoms with Crippen LogP contribution in [-0.2, 0) is 11.0 Å². The first-order valence-corrected chi connectivity index (χ1v) is 10.6. The van der Waals surface area contributed by atoms with Gasteiger partial charge >= 0.3 is 18.1 Å². The number of carboxylic acids is 2. The van der Waals surface area contributed by atoms with Crippen LogP contribution in [0.2, 0.25) is 0 Å². The normalized spacial score (nSPS) is 11.2. The molecule has 1 amide bonds. The molecule has 0 unspecified atom stereocenters. The molecule has 0 fully saturated rings. The van der Waals surface area contributed by atoms with Crippen molar-refractivity contribution < 1.29 is 42.5 Å². The highest BCUT2D eigenvalue weighted by atomic mass is 79.9. The van der Waals surface area contributed by atoms with Gasteiger partial charge < -0.3 is 20.3 Å². The molecule has 1 heterocycles. The van der Waals surface area contributed by atoms with Crippen LogP contribution in [0.15, 0.2) is 53.0 Å². The number of alkyl halides is 3. The number of rotatable bonds is 7. The largest absolute Gasteiger partial charge is 0.479 e. The number of halogens is 4. The van der Waals surface area contributed by atoms with Crippen molar-refractivity contribution in [1.29, 1.82) is 0 Å². The Kier molecular flexibility index (Phi) is 7.08. The number of amides is 1. The van der Waals surface area contributed by atoms with Crippen LogP contribution in [0.1, 0.15) is 25.6 Å². The van der Waals surface area contributed by atoms with Gasteiger partial charge in [0.05, 0.1) is 20.5 Å². The third-order valence-electron chi connectivity index (χ3n) is 4.20. The number of benzene rings is 2. The van der Waals surface area contributed by atoms with Crippen LogP contribution in [0.25, 0.3) is 10.4 Å². The molecule has 3 rings (SSSR count). The molecule has 7 nitrogen and oxygen atoms in total. The van der Waals surface area contributed by atoms with Crippen molar-refractivity contribution in [3.8, 4) is 16.2 Å². The van der Waals surface area contributed by atoms with E-state index in [0.29, 0.717) is 10.4 Å². The SMILES string of the molecule is O=C(O)COc1c(C(=O)O)sc(-c2cccc(NC(=O)c3ccccc3C(F)(F)F)c2)c1Br. The second-order valence-corrected chi connectivity index (χ2v) is 8.28. The van der Waals surface area contributed by atoms with Crippen LogP contribution >= 0.6 is 27.3 Å². The molecule has 0 radical (unpaired) electrons. The number of carboxylic acid groups (broad SMARTS) is 2. The molecule has 0 atom stereocenters. The minimum Gasteiger partial charge on any atom is -0.479 e. The summed E-state index contributed by atoms with van der Waals surface area (Å²) in [5.74, 6) is -3.77. The molecular weight excluding hydrogens is 531 g/mol. The number of ether oxygens (including phenoxy) is 1. The Morgan fingerprint density at radius 3 is 2.39 bits per heavy atom. The summed E-state index contributed by atoms with van der Waals surface area (Å²) in [5, 5.41) is 20.6. The summed E-state index contributed by atoms with van der Waals surface area (Å²) < 4.78 is 44.9. The summed E-state index contributed by atoms with van der Waals surface area (Å²) in [4.78, 5) is 35.0. The second-order valence-electron chi connectivity index (χ2n) is 6.47. The molecule has 0 aliphatic heterocycles. The molecule has 0 spiro atoms. The van der Waals surface area contributed by atoms with E-state index in [2.05, 4.69) is 21.2 Å². The van der Waals surface area contributed by atoms with E-state index in [0.717, 1.165) is 23.5 Å². The summed E-state index contributed by atoms with van der Waals surface area (Å²) >= 11 is 4.02. The summed E-state index contributed by atoms with van der Waals surface area (Å²) in [6, 6.07) is 10.4. The number of aromatic carboxylic acids is 1. The Bertz CT molecular complexity index is 1240. The fourth-order valence-electron chi connectivity index (χ4n) is 2.85. The predicted octanol–water partition coefficient (Wildman–Crippen LogP) is 5.61. The number of hydrogen-bond acceptors (Lipinski definition) is 5. The summed E-state index contributed by atoms with van der Waals surface area (Å²) in [5.41, 5.74) is -1.04. The fraction of sp³-hybridized carbons (Fsp3) is 0.0952. The Balaban J connectivity index is 1.94. The molecule has 12 heteroatoms. The van der Waals surface area contributed by atoms with Gasteiger partial charge in [0.2, 0.25) is 0 Å². The molecular formula is C21H13BrF3NO6S. The lowest BCUT2D eigenvalue weighted by molar-refractivity contribution is -0.139. The van der Waals surface area contributed by atoms with Gasteiger partial charge in [-0.05, 0) is 45.8 Å². The highest BCUT2D eigenvalue weighted by Gasteiger charge is 2.35. The van der Waals surface area contributed by atoms with Crippen LogP contribution in [0.4, 0.5) is 18.9 Å². The van der Waals surface area contributed by atoms with E-state index in [-0.39, 0.29) is 20.8 Å². The van der Waals surface area contributed by atoms with E-state index in [4.69, 9.17) is 9.84 Å². The Morgan fingerprint density at radius 2 is 1.76 bits per heavy atom. The monoisotopic (exact) mass is 543 g/mol. The zero-order valence-corrected chi connectivity index (χ0v) is 18.7. The van der Waals surface area contributed by atoms with E-state index in [1.54, 1.807) is 6.07 Å². The maximum absolute atomic E-state index is 13.2. The Morgan fingerprint density at radius 1 is 1.06 bits per heavy atom. The van der Waals surface area contributed by atoms with Gasteiger partial charge in [0.25, 0.3) is 5.91 Å². The predicted molar refractivity (Wildman–Crippen MR) is 117 cm³/mol. The van der Waals surface area contributed by atoms with Gasteiger partial charge in [-0.1, -0.05) is 24.3 Å². The molecule has 33 heavy (non-hydrogen) atoms. The first kappa shape index (κ1) is 24.3. The highest BCUT2D eigenvalue weighted by molar-refractivity contribution is 9.10. The molecule has 2 aromatic carbocycles. The van der Waals surface area contributed by atoms with Gasteiger partial charge in [-0.2, -0.15) is 13.2 Å². The topological polar surface area (TPSA) is 113 Å². The maximum Gasteiger partial charge on any atom is 0.417 e. The first-order chi connectivity index (χ1) is 15.5. The number of hydrogen-bond donors (Lipinski definition) is 3. The van der Waals surface area contributed by atoms with Gasteiger partial charge in [-0.25, -0.2) is 9.59 Å². The number of carbonyl (C=O) groups excluding carboxylic acids is 1. The Labute approximate surface area is 196 Å². The van der Waals surface area contributed by atoms with Crippen molar-refractivity contribution in [2.45, 2.75) is 6.18 Å². The van der Waals surface area contributed by atoms with Crippen molar-refractivity contribution in [1.82, 2.24) is 0 Å². The Hall–Kier alpha value is -3.38. The van der Waals surface area contributed by atoms with E-state index in [9.17, 15) is 32.7 Å². The highest BCUT2D eigenvalue weighted by Crippen LogP contribution is 2.46. The van der Waals surface area contributed by atoms with Crippen LogP contribution in [-0.4, -0.2) is 34.7 Å². The molecule has 0 aliphatic rings. The van der Waals surface area contributed by atoms with E-state index in [1.165, 1.54) is 30.3 Å². The molecule has 0 saturated heterocycles. The zero-order chi connectivity index (χ0) is 24.3. The summed E-state index contributed by atoms with van der Waals surface area (Å²) in [7, 11) is 0. The van der Waals surface area contributed by atoms with Gasteiger partial charge in [-0.15, -0.1) is 11.3 Å². The number of thiophene rings is 1. The van der Waals surface area contributed by atoms with E-state index >= 15 is 0 Å². The van der Waals surface area contributed by atoms with Crippen LogP contribution in [0.3, 0.4) is 0 Å². The molecule has 1 aromatic heterocycles. The van der Waals surface area contributed by atoms with Crippen molar-refractivity contribution in [2.75, 3.05) is 11.9 Å². The van der Waals surface area contributed by atoms with Crippen LogP contribution in [0, 0.1) is 0 Å². The van der Waals surface area contributed by atoms with Crippen LogP contribution in [0.5, 0.6) is 5.75 Å². The molecule has 3 aromatic rings. The first-order valence-electron chi connectivity index (χ1n) is 8.97. The maximum atomic E-state index is 13.2. The third-order valence-corrected chi connectivity index (χ3v) is 6.43. The molecule has 0 saturated carbocycles. The van der Waals surface area contributed by atoms with Gasteiger partial charge in [0.1, 0.15) is 0 Å². The van der Waals surface area contributed by atoms with Crippen molar-refractivity contribution in [3.63, 3.8) is 0 Å². The standard InChI is InChI=1S/C21H13BrF3NO6S/c22-15-16(32-9-14(27)28)18(20(30)31)33-17(15)10-4-3-5-11(8-10)26-19(29)12-6-1-2-7-13(12)21(23,24)25/h1-8H,9H2,(H,26,29)(H,27,28)(H,30,31). The van der Waals surface area contributed by atoms with Crippen LogP contribution < -0.4 is 10.1 Å². The number of aliphatic carboxylic acids is 1. The average Bonchev–Trinajstić information content (AvgIpc) is 3.08. The van der Waals surface area contributed by atoms with Gasteiger partial charge in [-0.3, -0.25) is 4.79 Å². The second kappa shape index (κ2) is 9.63. The van der Waals surface area contributed by atoms with E-state index < -0.39 is 41.8 Å².